The van der Waals surface area contributed by atoms with Crippen LogP contribution < -0.4 is 5.32 Å². The number of aliphatic carboxylic acids is 1. The first-order valence-corrected chi connectivity index (χ1v) is 8.35. The van der Waals surface area contributed by atoms with Crippen molar-refractivity contribution in [1.82, 2.24) is 5.32 Å². The second kappa shape index (κ2) is 6.18. The van der Waals surface area contributed by atoms with E-state index in [4.69, 9.17) is 0 Å². The maximum Gasteiger partial charge on any atom is 0.329 e. The van der Waals surface area contributed by atoms with E-state index >= 15 is 0 Å². The molecule has 1 aromatic rings. The fourth-order valence-electron chi connectivity index (χ4n) is 2.85. The third-order valence-corrected chi connectivity index (χ3v) is 5.40. The molecule has 1 amide bonds. The van der Waals surface area contributed by atoms with Crippen LogP contribution in [-0.2, 0) is 17.6 Å². The Morgan fingerprint density at radius 3 is 2.86 bits per heavy atom. The van der Waals surface area contributed by atoms with E-state index in [1.807, 2.05) is 13.0 Å². The van der Waals surface area contributed by atoms with Gasteiger partial charge in [-0.1, -0.05) is 20.3 Å². The Labute approximate surface area is 129 Å². The van der Waals surface area contributed by atoms with Gasteiger partial charge in [0.25, 0.3) is 5.91 Å². The fourth-order valence-corrected chi connectivity index (χ4v) is 3.96. The van der Waals surface area contributed by atoms with Crippen molar-refractivity contribution in [2.45, 2.75) is 58.4 Å². The summed E-state index contributed by atoms with van der Waals surface area (Å²) in [6.07, 6.45) is 4.35. The summed E-state index contributed by atoms with van der Waals surface area (Å²) in [6.45, 7) is 5.72. The Morgan fingerprint density at radius 1 is 1.52 bits per heavy atom. The van der Waals surface area contributed by atoms with Crippen LogP contribution in [0.2, 0.25) is 0 Å². The highest BCUT2D eigenvalue weighted by Gasteiger charge is 2.34. The van der Waals surface area contributed by atoms with Crippen LogP contribution >= 0.6 is 11.3 Å². The van der Waals surface area contributed by atoms with Crippen molar-refractivity contribution < 1.29 is 14.7 Å². The van der Waals surface area contributed by atoms with Crippen molar-refractivity contribution in [2.24, 2.45) is 5.92 Å². The predicted octanol–water partition coefficient (Wildman–Crippen LogP) is 3.25. The van der Waals surface area contributed by atoms with Gasteiger partial charge in [-0.25, -0.2) is 4.79 Å². The Bertz CT molecular complexity index is 552. The highest BCUT2D eigenvalue weighted by molar-refractivity contribution is 7.14. The zero-order valence-corrected chi connectivity index (χ0v) is 13.7. The largest absolute Gasteiger partial charge is 0.480 e. The molecule has 2 N–H and O–H groups in total. The van der Waals surface area contributed by atoms with E-state index in [9.17, 15) is 14.7 Å². The van der Waals surface area contributed by atoms with Gasteiger partial charge in [-0.3, -0.25) is 4.79 Å². The van der Waals surface area contributed by atoms with Crippen LogP contribution in [0.25, 0.3) is 0 Å². The number of rotatable bonds is 5. The molecule has 116 valence electrons. The molecule has 1 aliphatic carbocycles. The predicted molar refractivity (Wildman–Crippen MR) is 83.9 cm³/mol. The number of carboxylic acids is 1. The lowest BCUT2D eigenvalue weighted by molar-refractivity contribution is -0.144. The Morgan fingerprint density at radius 2 is 2.24 bits per heavy atom. The lowest BCUT2D eigenvalue weighted by atomic mass is 9.90. The van der Waals surface area contributed by atoms with E-state index in [1.54, 1.807) is 6.92 Å². The molecule has 21 heavy (non-hydrogen) atoms. The van der Waals surface area contributed by atoms with E-state index < -0.39 is 11.5 Å². The fraction of sp³-hybridized carbons (Fsp3) is 0.625. The summed E-state index contributed by atoms with van der Waals surface area (Å²) in [5.74, 6) is -0.583. The number of amides is 1. The normalized spacial score (nSPS) is 20.4. The van der Waals surface area contributed by atoms with Crippen LogP contribution in [0.4, 0.5) is 0 Å². The maximum absolute atomic E-state index is 12.4. The first-order valence-electron chi connectivity index (χ1n) is 7.53. The number of thiophene rings is 1. The molecule has 0 fully saturated rings. The molecular weight excluding hydrogens is 286 g/mol. The first-order chi connectivity index (χ1) is 9.85. The molecule has 5 heteroatoms. The Kier molecular flexibility index (Phi) is 4.71. The van der Waals surface area contributed by atoms with Crippen LogP contribution in [0.1, 0.15) is 60.1 Å². The van der Waals surface area contributed by atoms with Gasteiger partial charge >= 0.3 is 5.97 Å². The van der Waals surface area contributed by atoms with Gasteiger partial charge in [0.2, 0.25) is 0 Å². The molecule has 0 aliphatic heterocycles. The number of carbonyl (C=O) groups is 2. The Hall–Kier alpha value is -1.36. The van der Waals surface area contributed by atoms with Gasteiger partial charge in [0, 0.05) is 4.88 Å². The minimum atomic E-state index is -1.19. The quantitative estimate of drug-likeness (QED) is 0.877. The van der Waals surface area contributed by atoms with E-state index in [0.717, 1.165) is 19.3 Å². The van der Waals surface area contributed by atoms with E-state index in [0.29, 0.717) is 23.6 Å². The SMILES string of the molecule is CCCC(C)(NC(=O)c1cc2c(s1)CCC(C)C2)C(=O)O. The molecular formula is C16H23NO3S. The molecule has 0 bridgehead atoms. The molecule has 2 unspecified atom stereocenters. The molecule has 4 nitrogen and oxygen atoms in total. The van der Waals surface area contributed by atoms with Crippen LogP contribution in [0.5, 0.6) is 0 Å². The molecule has 0 saturated heterocycles. The summed E-state index contributed by atoms with van der Waals surface area (Å²) in [7, 11) is 0. The number of hydrogen-bond acceptors (Lipinski definition) is 3. The van der Waals surface area contributed by atoms with Gasteiger partial charge < -0.3 is 10.4 Å². The van der Waals surface area contributed by atoms with Gasteiger partial charge in [-0.2, -0.15) is 0 Å². The number of nitrogens with one attached hydrogen (secondary N) is 1. The number of carbonyl (C=O) groups excluding carboxylic acids is 1. The van der Waals surface area contributed by atoms with Crippen molar-refractivity contribution in [3.63, 3.8) is 0 Å². The highest BCUT2D eigenvalue weighted by Crippen LogP contribution is 2.32. The molecule has 0 aromatic carbocycles. The highest BCUT2D eigenvalue weighted by atomic mass is 32.1. The number of carboxylic acid groups (broad SMARTS) is 1. The van der Waals surface area contributed by atoms with Gasteiger partial charge in [0.05, 0.1) is 4.88 Å². The van der Waals surface area contributed by atoms with Crippen molar-refractivity contribution in [3.8, 4) is 0 Å². The average Bonchev–Trinajstić information content (AvgIpc) is 2.81. The molecule has 1 aromatic heterocycles. The minimum Gasteiger partial charge on any atom is -0.480 e. The molecule has 0 saturated carbocycles. The van der Waals surface area contributed by atoms with Gasteiger partial charge in [-0.15, -0.1) is 11.3 Å². The van der Waals surface area contributed by atoms with Crippen molar-refractivity contribution >= 4 is 23.2 Å². The van der Waals surface area contributed by atoms with Crippen molar-refractivity contribution in [3.05, 3.63) is 21.4 Å². The lowest BCUT2D eigenvalue weighted by Gasteiger charge is -2.25. The van der Waals surface area contributed by atoms with Crippen LogP contribution in [0, 0.1) is 5.92 Å². The van der Waals surface area contributed by atoms with Crippen molar-refractivity contribution in [2.75, 3.05) is 0 Å². The third-order valence-electron chi connectivity index (χ3n) is 4.16. The maximum atomic E-state index is 12.4. The molecule has 0 radical (unpaired) electrons. The minimum absolute atomic E-state index is 0.264. The van der Waals surface area contributed by atoms with Crippen LogP contribution in [0.15, 0.2) is 6.07 Å². The van der Waals surface area contributed by atoms with Crippen LogP contribution in [0.3, 0.4) is 0 Å². The summed E-state index contributed by atoms with van der Waals surface area (Å²) in [6, 6.07) is 1.94. The van der Waals surface area contributed by atoms with Crippen molar-refractivity contribution in [1.29, 1.82) is 0 Å². The zero-order valence-electron chi connectivity index (χ0n) is 12.9. The number of aryl methyl sites for hydroxylation is 1. The molecule has 2 atom stereocenters. The van der Waals surface area contributed by atoms with E-state index in [2.05, 4.69) is 12.2 Å². The molecule has 1 heterocycles. The summed E-state index contributed by atoms with van der Waals surface area (Å²) < 4.78 is 0. The third kappa shape index (κ3) is 3.46. The number of hydrogen-bond donors (Lipinski definition) is 2. The summed E-state index contributed by atoms with van der Waals surface area (Å²) >= 11 is 1.51. The molecule has 0 spiro atoms. The van der Waals surface area contributed by atoms with Crippen LogP contribution in [-0.4, -0.2) is 22.5 Å². The lowest BCUT2D eigenvalue weighted by Crippen LogP contribution is -2.51. The first kappa shape index (κ1) is 16.0. The Balaban J connectivity index is 2.15. The summed E-state index contributed by atoms with van der Waals surface area (Å²) in [5, 5.41) is 12.0. The smallest absolute Gasteiger partial charge is 0.329 e. The summed E-state index contributed by atoms with van der Waals surface area (Å²) in [4.78, 5) is 25.7. The average molecular weight is 309 g/mol. The molecule has 2 rings (SSSR count). The van der Waals surface area contributed by atoms with Gasteiger partial charge in [-0.05, 0) is 50.2 Å². The second-order valence-electron chi connectivity index (χ2n) is 6.25. The van der Waals surface area contributed by atoms with Gasteiger partial charge in [0.15, 0.2) is 0 Å². The zero-order chi connectivity index (χ0) is 15.6. The molecule has 1 aliphatic rings. The standard InChI is InChI=1S/C16H23NO3S/c1-4-7-16(3,15(19)20)17-14(18)13-9-11-8-10(2)5-6-12(11)21-13/h9-10H,4-8H2,1-3H3,(H,17,18)(H,19,20). The van der Waals surface area contributed by atoms with E-state index in [-0.39, 0.29) is 5.91 Å². The monoisotopic (exact) mass is 309 g/mol. The van der Waals surface area contributed by atoms with Gasteiger partial charge in [0.1, 0.15) is 5.54 Å². The topological polar surface area (TPSA) is 66.4 Å². The number of fused-ring (bicyclic) bond motifs is 1. The summed E-state index contributed by atoms with van der Waals surface area (Å²) in [5.41, 5.74) is 0.0697. The van der Waals surface area contributed by atoms with E-state index in [1.165, 1.54) is 21.8 Å². The second-order valence-corrected chi connectivity index (χ2v) is 7.39.